The Bertz CT molecular complexity index is 504. The molecule has 0 spiro atoms. The molecule has 0 aliphatic carbocycles. The number of nitrogens with zero attached hydrogens (tertiary/aromatic N) is 4. The highest BCUT2D eigenvalue weighted by atomic mass is 16.2. The number of rotatable bonds is 5. The second kappa shape index (κ2) is 5.39. The summed E-state index contributed by atoms with van der Waals surface area (Å²) in [6.45, 7) is 3.84. The molecule has 0 saturated heterocycles. The molecule has 2 heterocycles. The topological polar surface area (TPSA) is 112 Å². The van der Waals surface area contributed by atoms with Crippen molar-refractivity contribution >= 4 is 5.91 Å². The molecular weight excluding hydrogens is 234 g/mol. The minimum atomic E-state index is -0.336. The molecule has 8 nitrogen and oxygen atoms in total. The van der Waals surface area contributed by atoms with Crippen LogP contribution in [-0.2, 0) is 6.42 Å². The number of carbonyl (C=O) groups is 1. The van der Waals surface area contributed by atoms with Crippen molar-refractivity contribution in [1.82, 2.24) is 35.7 Å². The number of hydrogen-bond acceptors (Lipinski definition) is 5. The van der Waals surface area contributed by atoms with E-state index in [0.29, 0.717) is 5.82 Å². The fourth-order valence-electron chi connectivity index (χ4n) is 1.50. The van der Waals surface area contributed by atoms with Crippen molar-refractivity contribution in [2.45, 2.75) is 32.7 Å². The van der Waals surface area contributed by atoms with Crippen LogP contribution in [0.1, 0.15) is 48.6 Å². The molecule has 1 atom stereocenters. The summed E-state index contributed by atoms with van der Waals surface area (Å²) >= 11 is 0. The predicted molar refractivity (Wildman–Crippen MR) is 62.6 cm³/mol. The van der Waals surface area contributed by atoms with Gasteiger partial charge < -0.3 is 5.32 Å². The highest BCUT2D eigenvalue weighted by Gasteiger charge is 2.17. The highest BCUT2D eigenvalue weighted by molar-refractivity contribution is 5.90. The fourth-order valence-corrected chi connectivity index (χ4v) is 1.50. The van der Waals surface area contributed by atoms with Crippen LogP contribution in [0.15, 0.2) is 6.33 Å². The van der Waals surface area contributed by atoms with Gasteiger partial charge in [0.05, 0.1) is 6.04 Å². The second-order valence-corrected chi connectivity index (χ2v) is 3.92. The van der Waals surface area contributed by atoms with E-state index in [2.05, 4.69) is 35.7 Å². The monoisotopic (exact) mass is 249 g/mol. The predicted octanol–water partition coefficient (Wildman–Crippen LogP) is 0.366. The summed E-state index contributed by atoms with van der Waals surface area (Å²) in [5, 5.41) is 15.8. The van der Waals surface area contributed by atoms with E-state index in [1.807, 2.05) is 6.92 Å². The van der Waals surface area contributed by atoms with Gasteiger partial charge in [0, 0.05) is 6.42 Å². The maximum Gasteiger partial charge on any atom is 0.291 e. The summed E-state index contributed by atoms with van der Waals surface area (Å²) in [6.07, 6.45) is 3.12. The van der Waals surface area contributed by atoms with Crippen molar-refractivity contribution in [3.05, 3.63) is 23.8 Å². The molecule has 0 bridgehead atoms. The third kappa shape index (κ3) is 2.70. The first-order chi connectivity index (χ1) is 8.70. The van der Waals surface area contributed by atoms with E-state index in [1.54, 1.807) is 6.92 Å². The first-order valence-electron chi connectivity index (χ1n) is 5.78. The van der Waals surface area contributed by atoms with E-state index in [9.17, 15) is 4.79 Å². The van der Waals surface area contributed by atoms with Gasteiger partial charge in [-0.15, -0.1) is 5.10 Å². The van der Waals surface area contributed by atoms with E-state index in [-0.39, 0.29) is 17.8 Å². The molecule has 0 saturated carbocycles. The SMILES string of the molecule is CCCc1nc(C(=O)NC(C)c2ncn[nH]2)n[nH]1. The number of aromatic amines is 2. The van der Waals surface area contributed by atoms with E-state index in [0.717, 1.165) is 18.7 Å². The standard InChI is InChI=1S/C10H15N7O/c1-3-4-7-14-9(17-15-7)10(18)13-6(2)8-11-5-12-16-8/h5-6H,3-4H2,1-2H3,(H,13,18)(H,11,12,16)(H,14,15,17). The van der Waals surface area contributed by atoms with E-state index in [1.165, 1.54) is 6.33 Å². The van der Waals surface area contributed by atoms with Crippen molar-refractivity contribution in [3.63, 3.8) is 0 Å². The van der Waals surface area contributed by atoms with Gasteiger partial charge in [-0.2, -0.15) is 5.10 Å². The summed E-state index contributed by atoms with van der Waals surface area (Å²) in [7, 11) is 0. The number of nitrogens with one attached hydrogen (secondary N) is 3. The van der Waals surface area contributed by atoms with Crippen LogP contribution in [0.4, 0.5) is 0 Å². The first kappa shape index (κ1) is 12.2. The highest BCUT2D eigenvalue weighted by Crippen LogP contribution is 2.05. The molecule has 8 heteroatoms. The number of amides is 1. The third-order valence-electron chi connectivity index (χ3n) is 2.41. The summed E-state index contributed by atoms with van der Waals surface area (Å²) in [5.41, 5.74) is 0. The van der Waals surface area contributed by atoms with Gasteiger partial charge in [0.15, 0.2) is 0 Å². The average Bonchev–Trinajstić information content (AvgIpc) is 3.00. The van der Waals surface area contributed by atoms with Gasteiger partial charge in [0.25, 0.3) is 5.91 Å². The lowest BCUT2D eigenvalue weighted by atomic mass is 10.3. The third-order valence-corrected chi connectivity index (χ3v) is 2.41. The van der Waals surface area contributed by atoms with Crippen molar-refractivity contribution in [2.75, 3.05) is 0 Å². The van der Waals surface area contributed by atoms with Gasteiger partial charge in [0.2, 0.25) is 5.82 Å². The number of H-pyrrole nitrogens is 2. The molecule has 0 aliphatic heterocycles. The number of hydrogen-bond donors (Lipinski definition) is 3. The maximum atomic E-state index is 11.8. The number of aromatic nitrogens is 6. The van der Waals surface area contributed by atoms with Crippen molar-refractivity contribution < 1.29 is 4.79 Å². The van der Waals surface area contributed by atoms with Crippen LogP contribution in [0, 0.1) is 0 Å². The zero-order chi connectivity index (χ0) is 13.0. The number of carbonyl (C=O) groups excluding carboxylic acids is 1. The maximum absolute atomic E-state index is 11.8. The van der Waals surface area contributed by atoms with Crippen LogP contribution in [0.5, 0.6) is 0 Å². The Labute approximate surface area is 104 Å². The minimum absolute atomic E-state index is 0.143. The molecule has 0 aliphatic rings. The molecule has 2 rings (SSSR count). The van der Waals surface area contributed by atoms with E-state index < -0.39 is 0 Å². The molecule has 0 radical (unpaired) electrons. The minimum Gasteiger partial charge on any atom is -0.340 e. The molecule has 96 valence electrons. The Morgan fingerprint density at radius 3 is 3.00 bits per heavy atom. The molecule has 18 heavy (non-hydrogen) atoms. The molecule has 1 unspecified atom stereocenters. The Morgan fingerprint density at radius 2 is 2.33 bits per heavy atom. The Hall–Kier alpha value is -2.25. The Balaban J connectivity index is 1.98. The molecule has 2 aromatic heterocycles. The molecule has 0 aromatic carbocycles. The smallest absolute Gasteiger partial charge is 0.291 e. The van der Waals surface area contributed by atoms with Crippen LogP contribution in [0.3, 0.4) is 0 Å². The molecule has 3 N–H and O–H groups in total. The first-order valence-corrected chi connectivity index (χ1v) is 5.78. The normalized spacial score (nSPS) is 12.3. The molecular formula is C10H15N7O. The van der Waals surface area contributed by atoms with Crippen LogP contribution in [-0.4, -0.2) is 36.3 Å². The van der Waals surface area contributed by atoms with Gasteiger partial charge in [-0.25, -0.2) is 9.97 Å². The van der Waals surface area contributed by atoms with Gasteiger partial charge in [-0.1, -0.05) is 6.92 Å². The van der Waals surface area contributed by atoms with Gasteiger partial charge in [-0.3, -0.25) is 15.0 Å². The van der Waals surface area contributed by atoms with Gasteiger partial charge in [0.1, 0.15) is 18.0 Å². The van der Waals surface area contributed by atoms with Crippen molar-refractivity contribution in [2.24, 2.45) is 0 Å². The van der Waals surface area contributed by atoms with Crippen LogP contribution in [0.25, 0.3) is 0 Å². The van der Waals surface area contributed by atoms with Crippen molar-refractivity contribution in [3.8, 4) is 0 Å². The van der Waals surface area contributed by atoms with Crippen LogP contribution >= 0.6 is 0 Å². The quantitative estimate of drug-likeness (QED) is 0.708. The Morgan fingerprint density at radius 1 is 1.50 bits per heavy atom. The lowest BCUT2D eigenvalue weighted by molar-refractivity contribution is 0.0928. The second-order valence-electron chi connectivity index (χ2n) is 3.92. The Kier molecular flexibility index (Phi) is 3.66. The van der Waals surface area contributed by atoms with Crippen LogP contribution in [0.2, 0.25) is 0 Å². The van der Waals surface area contributed by atoms with Crippen LogP contribution < -0.4 is 5.32 Å². The van der Waals surface area contributed by atoms with E-state index in [4.69, 9.17) is 0 Å². The largest absolute Gasteiger partial charge is 0.340 e. The van der Waals surface area contributed by atoms with E-state index >= 15 is 0 Å². The molecule has 1 amide bonds. The lowest BCUT2D eigenvalue weighted by Gasteiger charge is -2.08. The summed E-state index contributed by atoms with van der Waals surface area (Å²) in [5.74, 6) is 1.12. The number of aryl methyl sites for hydroxylation is 1. The summed E-state index contributed by atoms with van der Waals surface area (Å²) in [6, 6.07) is -0.270. The summed E-state index contributed by atoms with van der Waals surface area (Å²) in [4.78, 5) is 19.9. The molecule has 2 aromatic rings. The zero-order valence-corrected chi connectivity index (χ0v) is 10.3. The average molecular weight is 249 g/mol. The lowest BCUT2D eigenvalue weighted by Crippen LogP contribution is -2.28. The fraction of sp³-hybridized carbons (Fsp3) is 0.500. The molecule has 0 fully saturated rings. The van der Waals surface area contributed by atoms with Gasteiger partial charge in [-0.05, 0) is 13.3 Å². The summed E-state index contributed by atoms with van der Waals surface area (Å²) < 4.78 is 0. The van der Waals surface area contributed by atoms with Gasteiger partial charge >= 0.3 is 0 Å². The van der Waals surface area contributed by atoms with Crippen molar-refractivity contribution in [1.29, 1.82) is 0 Å². The zero-order valence-electron chi connectivity index (χ0n) is 10.3.